The van der Waals surface area contributed by atoms with Crippen molar-refractivity contribution in [2.75, 3.05) is 13.1 Å². The van der Waals surface area contributed by atoms with E-state index in [1.54, 1.807) is 0 Å². The Morgan fingerprint density at radius 2 is 2.00 bits per heavy atom. The van der Waals surface area contributed by atoms with Crippen LogP contribution in [0.25, 0.3) is 0 Å². The Labute approximate surface area is 104 Å². The van der Waals surface area contributed by atoms with Gasteiger partial charge in [-0.05, 0) is 24.5 Å². The minimum Gasteiger partial charge on any atom is -0.489 e. The van der Waals surface area contributed by atoms with E-state index in [-0.39, 0.29) is 6.10 Å². The first-order chi connectivity index (χ1) is 8.15. The van der Waals surface area contributed by atoms with Crippen molar-refractivity contribution in [1.82, 2.24) is 5.32 Å². The molecule has 2 heteroatoms. The molecule has 0 bridgehead atoms. The van der Waals surface area contributed by atoms with Gasteiger partial charge in [-0.15, -0.1) is 6.42 Å². The maximum Gasteiger partial charge on any atom is 0.123 e. The third kappa shape index (κ3) is 4.50. The Morgan fingerprint density at radius 3 is 2.65 bits per heavy atom. The Hall–Kier alpha value is -1.46. The second-order valence-corrected chi connectivity index (χ2v) is 4.46. The van der Waals surface area contributed by atoms with E-state index in [0.717, 1.165) is 12.3 Å². The van der Waals surface area contributed by atoms with E-state index in [2.05, 4.69) is 31.2 Å². The van der Waals surface area contributed by atoms with Crippen LogP contribution >= 0.6 is 0 Å². The average Bonchev–Trinajstić information content (AvgIpc) is 2.29. The number of terminal acetylenes is 1. The van der Waals surface area contributed by atoms with E-state index in [4.69, 9.17) is 11.2 Å². The summed E-state index contributed by atoms with van der Waals surface area (Å²) in [6, 6.07) is 8.18. The van der Waals surface area contributed by atoms with E-state index < -0.39 is 0 Å². The maximum atomic E-state index is 5.92. The first kappa shape index (κ1) is 13.6. The lowest BCUT2D eigenvalue weighted by Crippen LogP contribution is -2.29. The SMILES string of the molecule is C#CCNCC(C)Oc1ccccc1C(C)C. The molecule has 92 valence electrons. The van der Waals surface area contributed by atoms with Gasteiger partial charge in [0, 0.05) is 6.54 Å². The molecule has 1 unspecified atom stereocenters. The molecular formula is C15H21NO. The van der Waals surface area contributed by atoms with Crippen molar-refractivity contribution in [3.05, 3.63) is 29.8 Å². The van der Waals surface area contributed by atoms with Crippen LogP contribution in [0.3, 0.4) is 0 Å². The van der Waals surface area contributed by atoms with Crippen molar-refractivity contribution >= 4 is 0 Å². The minimum absolute atomic E-state index is 0.114. The molecule has 1 aromatic rings. The molecule has 1 atom stereocenters. The Bertz CT molecular complexity index is 379. The van der Waals surface area contributed by atoms with E-state index in [0.29, 0.717) is 12.5 Å². The monoisotopic (exact) mass is 231 g/mol. The highest BCUT2D eigenvalue weighted by atomic mass is 16.5. The Kier molecular flexibility index (Phi) is 5.59. The summed E-state index contributed by atoms with van der Waals surface area (Å²) < 4.78 is 5.92. The molecule has 1 aromatic carbocycles. The number of ether oxygens (including phenoxy) is 1. The lowest BCUT2D eigenvalue weighted by molar-refractivity contribution is 0.216. The summed E-state index contributed by atoms with van der Waals surface area (Å²) in [6.07, 6.45) is 5.29. The summed E-state index contributed by atoms with van der Waals surface area (Å²) in [4.78, 5) is 0. The summed E-state index contributed by atoms with van der Waals surface area (Å²) in [7, 11) is 0. The highest BCUT2D eigenvalue weighted by Crippen LogP contribution is 2.26. The Morgan fingerprint density at radius 1 is 1.29 bits per heavy atom. The molecule has 1 rings (SSSR count). The van der Waals surface area contributed by atoms with Gasteiger partial charge in [-0.1, -0.05) is 38.0 Å². The topological polar surface area (TPSA) is 21.3 Å². The van der Waals surface area contributed by atoms with Gasteiger partial charge in [0.15, 0.2) is 0 Å². The summed E-state index contributed by atoms with van der Waals surface area (Å²) in [5.41, 5.74) is 1.25. The van der Waals surface area contributed by atoms with Crippen LogP contribution in [-0.2, 0) is 0 Å². The van der Waals surface area contributed by atoms with E-state index in [1.165, 1.54) is 5.56 Å². The second kappa shape index (κ2) is 6.98. The number of benzene rings is 1. The molecule has 0 amide bonds. The van der Waals surface area contributed by atoms with Crippen LogP contribution in [-0.4, -0.2) is 19.2 Å². The minimum atomic E-state index is 0.114. The molecule has 0 fully saturated rings. The van der Waals surface area contributed by atoms with Gasteiger partial charge in [-0.3, -0.25) is 0 Å². The molecule has 17 heavy (non-hydrogen) atoms. The van der Waals surface area contributed by atoms with Crippen LogP contribution < -0.4 is 10.1 Å². The number of nitrogens with one attached hydrogen (secondary N) is 1. The van der Waals surface area contributed by atoms with Crippen molar-refractivity contribution in [3.8, 4) is 18.1 Å². The lowest BCUT2D eigenvalue weighted by Gasteiger charge is -2.19. The fraction of sp³-hybridized carbons (Fsp3) is 0.467. The third-order valence-corrected chi connectivity index (χ3v) is 2.53. The third-order valence-electron chi connectivity index (χ3n) is 2.53. The zero-order valence-electron chi connectivity index (χ0n) is 10.9. The first-order valence-corrected chi connectivity index (χ1v) is 6.05. The van der Waals surface area contributed by atoms with Gasteiger partial charge in [0.1, 0.15) is 11.9 Å². The zero-order chi connectivity index (χ0) is 12.7. The summed E-state index contributed by atoms with van der Waals surface area (Å²) in [5.74, 6) is 3.99. The quantitative estimate of drug-likeness (QED) is 0.600. The highest BCUT2D eigenvalue weighted by Gasteiger charge is 2.09. The molecule has 0 saturated carbocycles. The molecule has 0 spiro atoms. The van der Waals surface area contributed by atoms with Crippen molar-refractivity contribution in [2.45, 2.75) is 32.8 Å². The van der Waals surface area contributed by atoms with Gasteiger partial charge in [0.25, 0.3) is 0 Å². The van der Waals surface area contributed by atoms with Gasteiger partial charge in [0.2, 0.25) is 0 Å². The number of hydrogen-bond donors (Lipinski definition) is 1. The molecule has 0 saturated heterocycles. The van der Waals surface area contributed by atoms with Crippen LogP contribution in [0.2, 0.25) is 0 Å². The molecule has 0 radical (unpaired) electrons. The second-order valence-electron chi connectivity index (χ2n) is 4.46. The molecule has 0 aliphatic rings. The van der Waals surface area contributed by atoms with Crippen LogP contribution in [0.15, 0.2) is 24.3 Å². The van der Waals surface area contributed by atoms with Gasteiger partial charge >= 0.3 is 0 Å². The maximum absolute atomic E-state index is 5.92. The molecule has 2 nitrogen and oxygen atoms in total. The van der Waals surface area contributed by atoms with Crippen molar-refractivity contribution in [2.24, 2.45) is 0 Å². The molecule has 0 aromatic heterocycles. The zero-order valence-corrected chi connectivity index (χ0v) is 10.9. The van der Waals surface area contributed by atoms with Crippen LogP contribution in [0.4, 0.5) is 0 Å². The first-order valence-electron chi connectivity index (χ1n) is 6.05. The average molecular weight is 231 g/mol. The Balaban J connectivity index is 2.59. The normalized spacial score (nSPS) is 12.2. The van der Waals surface area contributed by atoms with Gasteiger partial charge in [-0.25, -0.2) is 0 Å². The predicted octanol–water partition coefficient (Wildman–Crippen LogP) is 2.80. The fourth-order valence-corrected chi connectivity index (χ4v) is 1.67. The molecule has 0 heterocycles. The van der Waals surface area contributed by atoms with Crippen molar-refractivity contribution in [1.29, 1.82) is 0 Å². The largest absolute Gasteiger partial charge is 0.489 e. The molecule has 0 aliphatic carbocycles. The fourth-order valence-electron chi connectivity index (χ4n) is 1.67. The molecular weight excluding hydrogens is 210 g/mol. The number of hydrogen-bond acceptors (Lipinski definition) is 2. The van der Waals surface area contributed by atoms with E-state index in [9.17, 15) is 0 Å². The van der Waals surface area contributed by atoms with Crippen LogP contribution in [0.1, 0.15) is 32.3 Å². The lowest BCUT2D eigenvalue weighted by atomic mass is 10.0. The van der Waals surface area contributed by atoms with Gasteiger partial charge in [0.05, 0.1) is 6.54 Å². The summed E-state index contributed by atoms with van der Waals surface area (Å²) >= 11 is 0. The van der Waals surface area contributed by atoms with Crippen molar-refractivity contribution < 1.29 is 4.74 Å². The van der Waals surface area contributed by atoms with Gasteiger partial charge in [-0.2, -0.15) is 0 Å². The summed E-state index contributed by atoms with van der Waals surface area (Å²) in [6.45, 7) is 7.73. The smallest absolute Gasteiger partial charge is 0.123 e. The number of para-hydroxylation sites is 1. The molecule has 1 N–H and O–H groups in total. The number of rotatable bonds is 6. The molecule has 0 aliphatic heterocycles. The van der Waals surface area contributed by atoms with E-state index in [1.807, 2.05) is 25.1 Å². The van der Waals surface area contributed by atoms with Crippen LogP contribution in [0.5, 0.6) is 5.75 Å². The summed E-state index contributed by atoms with van der Waals surface area (Å²) in [5, 5.41) is 3.14. The highest BCUT2D eigenvalue weighted by molar-refractivity contribution is 5.35. The standard InChI is InChI=1S/C15H21NO/c1-5-10-16-11-13(4)17-15-9-7-6-8-14(15)12(2)3/h1,6-9,12-13,16H,10-11H2,2-4H3. The van der Waals surface area contributed by atoms with Gasteiger partial charge < -0.3 is 10.1 Å². The van der Waals surface area contributed by atoms with Crippen molar-refractivity contribution in [3.63, 3.8) is 0 Å². The van der Waals surface area contributed by atoms with Crippen LogP contribution in [0, 0.1) is 12.3 Å². The van der Waals surface area contributed by atoms with E-state index >= 15 is 0 Å². The predicted molar refractivity (Wildman–Crippen MR) is 72.3 cm³/mol.